The van der Waals surface area contributed by atoms with Gasteiger partial charge in [-0.05, 0) is 31.3 Å². The van der Waals surface area contributed by atoms with Crippen LogP contribution in [0, 0.1) is 11.6 Å². The van der Waals surface area contributed by atoms with Gasteiger partial charge in [-0.15, -0.1) is 5.10 Å². The zero-order valence-corrected chi connectivity index (χ0v) is 16.1. The molecule has 2 N–H and O–H groups in total. The molecule has 3 heterocycles. The number of amides is 1. The molecular weight excluding hydrogens is 396 g/mol. The van der Waals surface area contributed by atoms with Crippen LogP contribution in [-0.4, -0.2) is 59.2 Å². The molecule has 0 unspecified atom stereocenters. The maximum atomic E-state index is 13.7. The Bertz CT molecular complexity index is 1010. The molecule has 156 valence electrons. The molecule has 1 saturated heterocycles. The van der Waals surface area contributed by atoms with E-state index in [4.69, 9.17) is 4.42 Å². The van der Waals surface area contributed by atoms with Crippen molar-refractivity contribution in [3.63, 3.8) is 0 Å². The number of anilines is 4. The Morgan fingerprint density at radius 1 is 1.07 bits per heavy atom. The summed E-state index contributed by atoms with van der Waals surface area (Å²) in [4.78, 5) is 21.1. The number of rotatable bonds is 5. The molecular formula is C19H19F2N7O2. The SMILES string of the molecule is CN1CCN(c2ccc(NC(=O)c3nnc(Nc4c(F)cccc4F)o3)cn2)CC1. The van der Waals surface area contributed by atoms with Crippen molar-refractivity contribution in [1.29, 1.82) is 0 Å². The third-order valence-electron chi connectivity index (χ3n) is 4.65. The summed E-state index contributed by atoms with van der Waals surface area (Å²) >= 11 is 0. The molecule has 1 aliphatic heterocycles. The van der Waals surface area contributed by atoms with Gasteiger partial charge in [0.25, 0.3) is 0 Å². The smallest absolute Gasteiger partial charge is 0.320 e. The lowest BCUT2D eigenvalue weighted by molar-refractivity contribution is 0.0991. The number of nitrogens with zero attached hydrogens (tertiary/aromatic N) is 5. The van der Waals surface area contributed by atoms with Gasteiger partial charge in [-0.2, -0.15) is 0 Å². The number of aromatic nitrogens is 3. The monoisotopic (exact) mass is 415 g/mol. The number of nitrogens with one attached hydrogen (secondary N) is 2. The van der Waals surface area contributed by atoms with E-state index in [-0.39, 0.29) is 11.9 Å². The highest BCUT2D eigenvalue weighted by atomic mass is 19.1. The minimum atomic E-state index is -0.828. The van der Waals surface area contributed by atoms with Gasteiger partial charge >= 0.3 is 17.8 Å². The maximum Gasteiger partial charge on any atom is 0.320 e. The first kappa shape index (κ1) is 19.7. The average Bonchev–Trinajstić information content (AvgIpc) is 3.21. The van der Waals surface area contributed by atoms with Crippen LogP contribution in [0.3, 0.4) is 0 Å². The Hall–Kier alpha value is -3.60. The molecule has 1 aliphatic rings. The number of carbonyl (C=O) groups is 1. The molecule has 9 nitrogen and oxygen atoms in total. The lowest BCUT2D eigenvalue weighted by atomic mass is 10.3. The van der Waals surface area contributed by atoms with E-state index < -0.39 is 23.2 Å². The number of benzene rings is 1. The van der Waals surface area contributed by atoms with Crippen molar-refractivity contribution in [1.82, 2.24) is 20.1 Å². The summed E-state index contributed by atoms with van der Waals surface area (Å²) < 4.78 is 32.5. The first-order valence-electron chi connectivity index (χ1n) is 9.25. The fraction of sp³-hybridized carbons (Fsp3) is 0.263. The van der Waals surface area contributed by atoms with Crippen LogP contribution in [0.15, 0.2) is 40.9 Å². The second-order valence-electron chi connectivity index (χ2n) is 6.78. The maximum absolute atomic E-state index is 13.7. The van der Waals surface area contributed by atoms with Crippen molar-refractivity contribution < 1.29 is 18.0 Å². The molecule has 11 heteroatoms. The van der Waals surface area contributed by atoms with Crippen LogP contribution in [0.1, 0.15) is 10.7 Å². The summed E-state index contributed by atoms with van der Waals surface area (Å²) in [6.45, 7) is 3.69. The average molecular weight is 415 g/mol. The van der Waals surface area contributed by atoms with E-state index in [9.17, 15) is 13.6 Å². The Kier molecular flexibility index (Phi) is 5.53. The molecule has 0 saturated carbocycles. The predicted molar refractivity (Wildman–Crippen MR) is 106 cm³/mol. The summed E-state index contributed by atoms with van der Waals surface area (Å²) in [5, 5.41) is 12.1. The topological polar surface area (TPSA) is 99.4 Å². The van der Waals surface area contributed by atoms with Gasteiger partial charge in [0.15, 0.2) is 0 Å². The molecule has 1 aromatic carbocycles. The highest BCUT2D eigenvalue weighted by Crippen LogP contribution is 2.22. The Balaban J connectivity index is 1.38. The molecule has 1 amide bonds. The molecule has 0 radical (unpaired) electrons. The van der Waals surface area contributed by atoms with Crippen molar-refractivity contribution in [3.8, 4) is 0 Å². The number of para-hydroxylation sites is 1. The normalized spacial score (nSPS) is 14.6. The molecule has 1 fully saturated rings. The third-order valence-corrected chi connectivity index (χ3v) is 4.65. The summed E-state index contributed by atoms with van der Waals surface area (Å²) in [7, 11) is 2.08. The summed E-state index contributed by atoms with van der Waals surface area (Å²) in [6.07, 6.45) is 1.54. The summed E-state index contributed by atoms with van der Waals surface area (Å²) in [5.41, 5.74) is 0.00235. The highest BCUT2D eigenvalue weighted by molar-refractivity contribution is 6.00. The van der Waals surface area contributed by atoms with E-state index in [1.54, 1.807) is 6.07 Å². The van der Waals surface area contributed by atoms with Crippen LogP contribution in [0.25, 0.3) is 0 Å². The first-order chi connectivity index (χ1) is 14.5. The van der Waals surface area contributed by atoms with Crippen LogP contribution in [0.2, 0.25) is 0 Å². The zero-order chi connectivity index (χ0) is 21.1. The van der Waals surface area contributed by atoms with Crippen LogP contribution in [0.4, 0.5) is 32.0 Å². The minimum Gasteiger partial charge on any atom is -0.399 e. The number of carbonyl (C=O) groups excluding carboxylic acids is 1. The van der Waals surface area contributed by atoms with Crippen LogP contribution >= 0.6 is 0 Å². The van der Waals surface area contributed by atoms with Crippen LogP contribution < -0.4 is 15.5 Å². The largest absolute Gasteiger partial charge is 0.399 e. The Morgan fingerprint density at radius 2 is 1.80 bits per heavy atom. The van der Waals surface area contributed by atoms with Crippen molar-refractivity contribution in [2.75, 3.05) is 48.8 Å². The number of hydrogen-bond acceptors (Lipinski definition) is 8. The van der Waals surface area contributed by atoms with E-state index in [0.717, 1.165) is 44.1 Å². The molecule has 0 atom stereocenters. The Morgan fingerprint density at radius 3 is 2.47 bits per heavy atom. The number of piperazine rings is 1. The number of halogens is 2. The highest BCUT2D eigenvalue weighted by Gasteiger charge is 2.19. The van der Waals surface area contributed by atoms with E-state index >= 15 is 0 Å². The minimum absolute atomic E-state index is 0.312. The number of pyridine rings is 1. The lowest BCUT2D eigenvalue weighted by Gasteiger charge is -2.33. The van der Waals surface area contributed by atoms with Gasteiger partial charge in [-0.25, -0.2) is 13.8 Å². The van der Waals surface area contributed by atoms with Crippen LogP contribution in [0.5, 0.6) is 0 Å². The zero-order valence-electron chi connectivity index (χ0n) is 16.1. The predicted octanol–water partition coefficient (Wildman–Crippen LogP) is 2.49. The van der Waals surface area contributed by atoms with Gasteiger partial charge in [0.1, 0.15) is 23.1 Å². The van der Waals surface area contributed by atoms with Crippen LogP contribution in [-0.2, 0) is 0 Å². The molecule has 30 heavy (non-hydrogen) atoms. The molecule has 4 rings (SSSR count). The van der Waals surface area contributed by atoms with Crippen molar-refractivity contribution >= 4 is 29.1 Å². The fourth-order valence-electron chi connectivity index (χ4n) is 2.96. The van der Waals surface area contributed by atoms with Crippen molar-refractivity contribution in [3.05, 3.63) is 54.1 Å². The van der Waals surface area contributed by atoms with Gasteiger partial charge in [-0.3, -0.25) is 4.79 Å². The van der Waals surface area contributed by atoms with Gasteiger partial charge in [-0.1, -0.05) is 11.2 Å². The van der Waals surface area contributed by atoms with Crippen molar-refractivity contribution in [2.24, 2.45) is 0 Å². The lowest BCUT2D eigenvalue weighted by Crippen LogP contribution is -2.44. The van der Waals surface area contributed by atoms with Gasteiger partial charge in [0.2, 0.25) is 0 Å². The summed E-state index contributed by atoms with van der Waals surface area (Å²) in [5.74, 6) is -1.86. The standard InChI is InChI=1S/C19H19F2N7O2/c1-27-7-9-28(10-8-27)15-6-5-12(11-22-15)23-17(29)18-25-26-19(30-18)24-16-13(20)3-2-4-14(16)21/h2-6,11H,7-10H2,1H3,(H,23,29)(H,24,26). The van der Waals surface area contributed by atoms with Gasteiger partial charge in [0.05, 0.1) is 11.9 Å². The van der Waals surface area contributed by atoms with E-state index in [1.165, 1.54) is 12.3 Å². The third kappa shape index (κ3) is 4.35. The van der Waals surface area contributed by atoms with Gasteiger partial charge in [0, 0.05) is 26.2 Å². The molecule has 0 aliphatic carbocycles. The first-order valence-corrected chi connectivity index (χ1v) is 9.25. The second kappa shape index (κ2) is 8.41. The molecule has 2 aromatic heterocycles. The molecule has 3 aromatic rings. The van der Waals surface area contributed by atoms with Crippen molar-refractivity contribution in [2.45, 2.75) is 0 Å². The van der Waals surface area contributed by atoms with Gasteiger partial charge < -0.3 is 24.9 Å². The fourth-order valence-corrected chi connectivity index (χ4v) is 2.96. The second-order valence-corrected chi connectivity index (χ2v) is 6.78. The van der Waals surface area contributed by atoms with E-state index in [0.29, 0.717) is 5.69 Å². The number of likely N-dealkylation sites (N-methyl/N-ethyl adjacent to an activating group) is 1. The number of hydrogen-bond donors (Lipinski definition) is 2. The summed E-state index contributed by atoms with van der Waals surface area (Å²) in [6, 6.07) is 6.62. The molecule has 0 spiro atoms. The molecule has 0 bridgehead atoms. The van der Waals surface area contributed by atoms with E-state index in [1.807, 2.05) is 6.07 Å². The van der Waals surface area contributed by atoms with E-state index in [2.05, 4.69) is 42.7 Å². The Labute approximate surface area is 170 Å². The quantitative estimate of drug-likeness (QED) is 0.656.